The van der Waals surface area contributed by atoms with Gasteiger partial charge >= 0.3 is 0 Å². The van der Waals surface area contributed by atoms with Crippen LogP contribution in [0.5, 0.6) is 5.75 Å². The van der Waals surface area contributed by atoms with Gasteiger partial charge in [-0.1, -0.05) is 48.5 Å². The molecule has 3 N–H and O–H groups in total. The van der Waals surface area contributed by atoms with Crippen LogP contribution in [-0.2, 0) is 12.1 Å². The van der Waals surface area contributed by atoms with E-state index >= 15 is 0 Å². The van der Waals surface area contributed by atoms with Gasteiger partial charge in [-0.2, -0.15) is 0 Å². The van der Waals surface area contributed by atoms with Crippen LogP contribution in [0.15, 0.2) is 59.6 Å². The highest BCUT2D eigenvalue weighted by molar-refractivity contribution is 5.79. The maximum atomic E-state index is 10.8. The smallest absolute Gasteiger partial charge is 0.191 e. The molecule has 0 aromatic heterocycles. The Morgan fingerprint density at radius 3 is 2.54 bits per heavy atom. The number of hydrogen-bond acceptors (Lipinski definition) is 3. The van der Waals surface area contributed by atoms with E-state index in [-0.39, 0.29) is 0 Å². The van der Waals surface area contributed by atoms with Crippen LogP contribution in [0.2, 0.25) is 0 Å². The van der Waals surface area contributed by atoms with E-state index in [4.69, 9.17) is 4.74 Å². The van der Waals surface area contributed by atoms with E-state index in [0.29, 0.717) is 19.0 Å². The predicted octanol–water partition coefficient (Wildman–Crippen LogP) is 3.44. The van der Waals surface area contributed by atoms with Crippen LogP contribution in [0.3, 0.4) is 0 Å². The normalized spacial score (nSPS) is 16.3. The van der Waals surface area contributed by atoms with Crippen LogP contribution in [0.1, 0.15) is 37.8 Å². The molecule has 0 heterocycles. The van der Waals surface area contributed by atoms with Crippen molar-refractivity contribution in [1.29, 1.82) is 0 Å². The number of nitrogens with zero attached hydrogens (tertiary/aromatic N) is 1. The largest absolute Gasteiger partial charge is 0.493 e. The van der Waals surface area contributed by atoms with Gasteiger partial charge in [0.2, 0.25) is 0 Å². The lowest BCUT2D eigenvalue weighted by molar-refractivity contribution is 0.0617. The van der Waals surface area contributed by atoms with Crippen molar-refractivity contribution < 1.29 is 9.84 Å². The Labute approximate surface area is 167 Å². The number of para-hydroxylation sites is 1. The maximum Gasteiger partial charge on any atom is 0.191 e. The van der Waals surface area contributed by atoms with Crippen molar-refractivity contribution in [2.24, 2.45) is 10.9 Å². The summed E-state index contributed by atoms with van der Waals surface area (Å²) in [5, 5.41) is 17.3. The minimum Gasteiger partial charge on any atom is -0.493 e. The molecule has 0 bridgehead atoms. The quantitative estimate of drug-likeness (QED) is 0.460. The van der Waals surface area contributed by atoms with Crippen molar-refractivity contribution in [3.8, 4) is 5.75 Å². The Kier molecular flexibility index (Phi) is 6.93. The lowest BCUT2D eigenvalue weighted by Gasteiger charge is -2.25. The summed E-state index contributed by atoms with van der Waals surface area (Å²) in [4.78, 5) is 4.69. The van der Waals surface area contributed by atoms with Crippen molar-refractivity contribution in [3.63, 3.8) is 0 Å². The molecule has 1 unspecified atom stereocenters. The predicted molar refractivity (Wildman–Crippen MR) is 113 cm³/mol. The van der Waals surface area contributed by atoms with E-state index in [1.165, 1.54) is 12.8 Å². The van der Waals surface area contributed by atoms with Crippen molar-refractivity contribution in [2.75, 3.05) is 19.7 Å². The molecule has 1 aliphatic carbocycles. The van der Waals surface area contributed by atoms with E-state index in [9.17, 15) is 5.11 Å². The summed E-state index contributed by atoms with van der Waals surface area (Å²) in [5.74, 6) is 2.30. The SMILES string of the molecule is CCNC(=NCc1ccccc1OCC1CC1)NCC(C)(O)c1ccccc1. The summed E-state index contributed by atoms with van der Waals surface area (Å²) < 4.78 is 5.98. The first-order chi connectivity index (χ1) is 13.6. The molecule has 150 valence electrons. The fraction of sp³-hybridized carbons (Fsp3) is 0.435. The third-order valence-corrected chi connectivity index (χ3v) is 4.89. The molecule has 1 fully saturated rings. The van der Waals surface area contributed by atoms with Crippen molar-refractivity contribution >= 4 is 5.96 Å². The lowest BCUT2D eigenvalue weighted by atomic mass is 9.96. The Morgan fingerprint density at radius 2 is 1.82 bits per heavy atom. The molecule has 0 amide bonds. The topological polar surface area (TPSA) is 65.9 Å². The number of aliphatic hydroxyl groups is 1. The zero-order valence-corrected chi connectivity index (χ0v) is 16.8. The van der Waals surface area contributed by atoms with Gasteiger partial charge in [0.1, 0.15) is 11.4 Å². The zero-order valence-electron chi connectivity index (χ0n) is 16.8. The van der Waals surface area contributed by atoms with E-state index in [1.807, 2.05) is 55.5 Å². The van der Waals surface area contributed by atoms with Gasteiger partial charge in [0.25, 0.3) is 0 Å². The molecule has 0 radical (unpaired) electrons. The Hall–Kier alpha value is -2.53. The number of rotatable bonds is 9. The van der Waals surface area contributed by atoms with Crippen LogP contribution < -0.4 is 15.4 Å². The molecule has 1 saturated carbocycles. The minimum absolute atomic E-state index is 0.364. The van der Waals surface area contributed by atoms with Gasteiger partial charge < -0.3 is 20.5 Å². The molecule has 1 atom stereocenters. The summed E-state index contributed by atoms with van der Waals surface area (Å²) in [6.45, 7) is 6.25. The molecule has 3 rings (SSSR count). The monoisotopic (exact) mass is 381 g/mol. The van der Waals surface area contributed by atoms with Crippen LogP contribution >= 0.6 is 0 Å². The van der Waals surface area contributed by atoms with E-state index < -0.39 is 5.60 Å². The lowest BCUT2D eigenvalue weighted by Crippen LogP contribution is -2.44. The molecule has 2 aromatic rings. The number of hydrogen-bond donors (Lipinski definition) is 3. The second-order valence-electron chi connectivity index (χ2n) is 7.55. The number of aliphatic imine (C=N–C) groups is 1. The van der Waals surface area contributed by atoms with Crippen LogP contribution in [-0.4, -0.2) is 30.8 Å². The molecular formula is C23H31N3O2. The second kappa shape index (κ2) is 9.60. The Morgan fingerprint density at radius 1 is 1.11 bits per heavy atom. The first-order valence-electron chi connectivity index (χ1n) is 10.1. The van der Waals surface area contributed by atoms with Gasteiger partial charge in [0, 0.05) is 12.1 Å². The van der Waals surface area contributed by atoms with Crippen molar-refractivity contribution in [3.05, 3.63) is 65.7 Å². The molecule has 1 aliphatic rings. The number of ether oxygens (including phenoxy) is 1. The highest BCUT2D eigenvalue weighted by Gasteiger charge is 2.23. The standard InChI is InChI=1S/C23H31N3O2/c1-3-24-22(26-17-23(2,27)20-10-5-4-6-11-20)25-15-19-9-7-8-12-21(19)28-16-18-13-14-18/h4-12,18,27H,3,13-17H2,1-2H3,(H2,24,25,26). The van der Waals surface area contributed by atoms with Crippen LogP contribution in [0.4, 0.5) is 0 Å². The fourth-order valence-corrected chi connectivity index (χ4v) is 2.93. The van der Waals surface area contributed by atoms with Gasteiger partial charge in [0.05, 0.1) is 19.7 Å². The van der Waals surface area contributed by atoms with Gasteiger partial charge in [0.15, 0.2) is 5.96 Å². The average molecular weight is 382 g/mol. The summed E-state index contributed by atoms with van der Waals surface area (Å²) in [6.07, 6.45) is 2.55. The molecular weight excluding hydrogens is 350 g/mol. The van der Waals surface area contributed by atoms with Gasteiger partial charge in [-0.25, -0.2) is 4.99 Å². The van der Waals surface area contributed by atoms with E-state index in [1.54, 1.807) is 6.92 Å². The van der Waals surface area contributed by atoms with Gasteiger partial charge in [-0.3, -0.25) is 0 Å². The zero-order chi connectivity index (χ0) is 19.8. The molecule has 0 spiro atoms. The highest BCUT2D eigenvalue weighted by Crippen LogP contribution is 2.30. The third-order valence-electron chi connectivity index (χ3n) is 4.89. The molecule has 0 aliphatic heterocycles. The average Bonchev–Trinajstić information content (AvgIpc) is 3.54. The van der Waals surface area contributed by atoms with E-state index in [2.05, 4.69) is 21.7 Å². The number of nitrogens with one attached hydrogen (secondary N) is 2. The number of benzene rings is 2. The third kappa shape index (κ3) is 5.99. The summed E-state index contributed by atoms with van der Waals surface area (Å²) >= 11 is 0. The van der Waals surface area contributed by atoms with E-state index in [0.717, 1.165) is 35.9 Å². The first kappa shape index (κ1) is 20.2. The molecule has 0 saturated heterocycles. The van der Waals surface area contributed by atoms with Crippen molar-refractivity contribution in [1.82, 2.24) is 10.6 Å². The maximum absolute atomic E-state index is 10.8. The summed E-state index contributed by atoms with van der Waals surface area (Å²) in [7, 11) is 0. The number of guanidine groups is 1. The van der Waals surface area contributed by atoms with Crippen LogP contribution in [0, 0.1) is 5.92 Å². The molecule has 5 nitrogen and oxygen atoms in total. The van der Waals surface area contributed by atoms with Crippen molar-refractivity contribution in [2.45, 2.75) is 38.8 Å². The Balaban J connectivity index is 1.62. The van der Waals surface area contributed by atoms with Gasteiger partial charge in [-0.15, -0.1) is 0 Å². The summed E-state index contributed by atoms with van der Waals surface area (Å²) in [6, 6.07) is 17.7. The van der Waals surface area contributed by atoms with Crippen LogP contribution in [0.25, 0.3) is 0 Å². The molecule has 5 heteroatoms. The first-order valence-corrected chi connectivity index (χ1v) is 10.1. The summed E-state index contributed by atoms with van der Waals surface area (Å²) in [5.41, 5.74) is 0.954. The molecule has 2 aromatic carbocycles. The second-order valence-corrected chi connectivity index (χ2v) is 7.55. The van der Waals surface area contributed by atoms with Gasteiger partial charge in [-0.05, 0) is 44.2 Å². The highest BCUT2D eigenvalue weighted by atomic mass is 16.5. The minimum atomic E-state index is -0.983. The Bertz CT molecular complexity index is 770. The fourth-order valence-electron chi connectivity index (χ4n) is 2.93. The molecule has 28 heavy (non-hydrogen) atoms.